The molecule has 4 atom stereocenters. The molecule has 2 heterocycles. The van der Waals surface area contributed by atoms with E-state index in [1.165, 1.54) is 29.8 Å². The van der Waals surface area contributed by atoms with Crippen LogP contribution in [-0.2, 0) is 16.0 Å². The maximum Gasteiger partial charge on any atom is 0.309 e. The van der Waals surface area contributed by atoms with E-state index in [2.05, 4.69) is 19.1 Å². The molecule has 1 fully saturated rings. The van der Waals surface area contributed by atoms with Crippen LogP contribution in [0, 0.1) is 17.7 Å². The van der Waals surface area contributed by atoms with Crippen LogP contribution in [0.2, 0.25) is 0 Å². The van der Waals surface area contributed by atoms with Crippen LogP contribution >= 0.6 is 0 Å². The standard InChI is InChI=1S/C25H29FO5/c1-4-5-15-6-11-21-18(12-15)23-20(25(2,3)31-21)13-19(24(27)28)22(30-23)14-29-17-9-7-16(26)8-10-17/h6-12,19-20,22-23H,4-5,13-14H2,1-3H3,(H,27,28)/t19-,20+,22+,23-/m1/s1. The van der Waals surface area contributed by atoms with E-state index in [1.54, 1.807) is 0 Å². The van der Waals surface area contributed by atoms with Gasteiger partial charge in [-0.15, -0.1) is 0 Å². The predicted molar refractivity (Wildman–Crippen MR) is 114 cm³/mol. The van der Waals surface area contributed by atoms with Crippen molar-refractivity contribution < 1.29 is 28.5 Å². The molecule has 0 radical (unpaired) electrons. The SMILES string of the molecule is CCCc1ccc2c(c1)[C@H]1O[C@@H](COc3ccc(F)cc3)[C@H](C(=O)O)C[C@@H]1C(C)(C)O2. The molecule has 0 bridgehead atoms. The molecule has 4 rings (SSSR count). The number of ether oxygens (including phenoxy) is 3. The van der Waals surface area contributed by atoms with Crippen LogP contribution < -0.4 is 9.47 Å². The van der Waals surface area contributed by atoms with Crippen LogP contribution in [0.15, 0.2) is 42.5 Å². The highest BCUT2D eigenvalue weighted by molar-refractivity contribution is 5.71. The number of carboxylic acid groups (broad SMARTS) is 1. The summed E-state index contributed by atoms with van der Waals surface area (Å²) in [5.41, 5.74) is 1.64. The molecule has 1 saturated heterocycles. The summed E-state index contributed by atoms with van der Waals surface area (Å²) in [5.74, 6) is -0.804. The first-order chi connectivity index (χ1) is 14.8. The molecule has 1 N–H and O–H groups in total. The lowest BCUT2D eigenvalue weighted by Crippen LogP contribution is -2.53. The first-order valence-corrected chi connectivity index (χ1v) is 10.9. The third kappa shape index (κ3) is 4.40. The summed E-state index contributed by atoms with van der Waals surface area (Å²) in [5, 5.41) is 9.89. The zero-order valence-corrected chi connectivity index (χ0v) is 18.1. The van der Waals surface area contributed by atoms with Gasteiger partial charge in [0.1, 0.15) is 35.6 Å². The van der Waals surface area contributed by atoms with E-state index in [0.29, 0.717) is 12.2 Å². The average molecular weight is 429 g/mol. The third-order valence-electron chi connectivity index (χ3n) is 6.37. The van der Waals surface area contributed by atoms with E-state index in [0.717, 1.165) is 24.2 Å². The van der Waals surface area contributed by atoms with Crippen LogP contribution in [0.4, 0.5) is 4.39 Å². The van der Waals surface area contributed by atoms with E-state index in [-0.39, 0.29) is 24.4 Å². The fraction of sp³-hybridized carbons (Fsp3) is 0.480. The number of hydrogen-bond acceptors (Lipinski definition) is 4. The Bertz CT molecular complexity index is 939. The minimum Gasteiger partial charge on any atom is -0.491 e. The van der Waals surface area contributed by atoms with Gasteiger partial charge >= 0.3 is 5.97 Å². The van der Waals surface area contributed by atoms with Gasteiger partial charge in [-0.1, -0.05) is 19.4 Å². The zero-order chi connectivity index (χ0) is 22.2. The van der Waals surface area contributed by atoms with Crippen molar-refractivity contribution in [3.63, 3.8) is 0 Å². The Balaban J connectivity index is 1.62. The molecule has 2 aliphatic heterocycles. The molecule has 5 nitrogen and oxygen atoms in total. The van der Waals surface area contributed by atoms with Crippen molar-refractivity contribution >= 4 is 5.97 Å². The van der Waals surface area contributed by atoms with E-state index in [1.807, 2.05) is 19.9 Å². The van der Waals surface area contributed by atoms with Crippen LogP contribution in [0.25, 0.3) is 0 Å². The number of rotatable bonds is 6. The number of halogens is 1. The molecule has 0 amide bonds. The van der Waals surface area contributed by atoms with Gasteiger partial charge in [0.05, 0.1) is 12.0 Å². The third-order valence-corrected chi connectivity index (χ3v) is 6.37. The van der Waals surface area contributed by atoms with E-state index in [4.69, 9.17) is 14.2 Å². The van der Waals surface area contributed by atoms with Gasteiger partial charge in [0.15, 0.2) is 0 Å². The second-order valence-electron chi connectivity index (χ2n) is 8.97. The molecule has 2 aromatic carbocycles. The lowest BCUT2D eigenvalue weighted by molar-refractivity contribution is -0.192. The van der Waals surface area contributed by atoms with E-state index >= 15 is 0 Å². The van der Waals surface area contributed by atoms with Crippen LogP contribution in [0.3, 0.4) is 0 Å². The maximum atomic E-state index is 13.2. The predicted octanol–water partition coefficient (Wildman–Crippen LogP) is 5.18. The molecule has 0 saturated carbocycles. The molecule has 6 heteroatoms. The van der Waals surface area contributed by atoms with Crippen molar-refractivity contribution in [1.29, 1.82) is 0 Å². The Labute approximate surface area is 182 Å². The molecule has 2 aromatic rings. The van der Waals surface area contributed by atoms with Crippen molar-refractivity contribution in [2.45, 2.75) is 57.8 Å². The Kier molecular flexibility index (Phi) is 5.93. The van der Waals surface area contributed by atoms with Gasteiger partial charge in [-0.25, -0.2) is 4.39 Å². The van der Waals surface area contributed by atoms with Crippen molar-refractivity contribution in [2.24, 2.45) is 11.8 Å². The monoisotopic (exact) mass is 428 g/mol. The molecular weight excluding hydrogens is 399 g/mol. The molecule has 0 aromatic heterocycles. The minimum atomic E-state index is -0.910. The summed E-state index contributed by atoms with van der Waals surface area (Å²) in [6.07, 6.45) is 1.54. The maximum absolute atomic E-state index is 13.2. The summed E-state index contributed by atoms with van der Waals surface area (Å²) in [7, 11) is 0. The second-order valence-corrected chi connectivity index (χ2v) is 8.97. The highest BCUT2D eigenvalue weighted by atomic mass is 19.1. The molecule has 31 heavy (non-hydrogen) atoms. The van der Waals surface area contributed by atoms with Gasteiger partial charge in [-0.05, 0) is 68.7 Å². The summed E-state index contributed by atoms with van der Waals surface area (Å²) in [6, 6.07) is 11.9. The Hall–Kier alpha value is -2.60. The fourth-order valence-corrected chi connectivity index (χ4v) is 4.71. The normalized spacial score (nSPS) is 26.3. The topological polar surface area (TPSA) is 65.0 Å². The van der Waals surface area contributed by atoms with Crippen LogP contribution in [-0.4, -0.2) is 29.4 Å². The van der Waals surface area contributed by atoms with Gasteiger partial charge in [-0.2, -0.15) is 0 Å². The van der Waals surface area contributed by atoms with Gasteiger partial charge in [0, 0.05) is 11.5 Å². The van der Waals surface area contributed by atoms with Crippen LogP contribution in [0.1, 0.15) is 50.8 Å². The lowest BCUT2D eigenvalue weighted by Gasteiger charge is -2.50. The number of benzene rings is 2. The Morgan fingerprint density at radius 2 is 1.97 bits per heavy atom. The zero-order valence-electron chi connectivity index (χ0n) is 18.1. The first-order valence-electron chi connectivity index (χ1n) is 10.9. The summed E-state index contributed by atoms with van der Waals surface area (Å²) < 4.78 is 31.7. The Morgan fingerprint density at radius 3 is 2.65 bits per heavy atom. The molecule has 0 aliphatic carbocycles. The summed E-state index contributed by atoms with van der Waals surface area (Å²) in [4.78, 5) is 12.1. The highest BCUT2D eigenvalue weighted by Gasteiger charge is 2.52. The van der Waals surface area contributed by atoms with Crippen molar-refractivity contribution in [3.8, 4) is 11.5 Å². The second kappa shape index (κ2) is 8.50. The molecule has 0 unspecified atom stereocenters. The van der Waals surface area contributed by atoms with Crippen molar-refractivity contribution in [2.75, 3.05) is 6.61 Å². The number of aliphatic carboxylic acids is 1. The lowest BCUT2D eigenvalue weighted by atomic mass is 9.71. The van der Waals surface area contributed by atoms with Crippen molar-refractivity contribution in [1.82, 2.24) is 0 Å². The average Bonchev–Trinajstić information content (AvgIpc) is 2.73. The number of aryl methyl sites for hydroxylation is 1. The Morgan fingerprint density at radius 1 is 1.23 bits per heavy atom. The van der Waals surface area contributed by atoms with Gasteiger partial charge in [0.25, 0.3) is 0 Å². The van der Waals surface area contributed by atoms with Gasteiger partial charge in [0.2, 0.25) is 0 Å². The number of hydrogen-bond donors (Lipinski definition) is 1. The molecule has 166 valence electrons. The number of carboxylic acids is 1. The smallest absolute Gasteiger partial charge is 0.309 e. The molecular formula is C25H29FO5. The van der Waals surface area contributed by atoms with E-state index < -0.39 is 23.6 Å². The fourth-order valence-electron chi connectivity index (χ4n) is 4.71. The minimum absolute atomic E-state index is 0.0804. The highest BCUT2D eigenvalue weighted by Crippen LogP contribution is 2.52. The summed E-state index contributed by atoms with van der Waals surface area (Å²) in [6.45, 7) is 6.20. The van der Waals surface area contributed by atoms with Crippen molar-refractivity contribution in [3.05, 3.63) is 59.4 Å². The number of fused-ring (bicyclic) bond motifs is 3. The van der Waals surface area contributed by atoms with Gasteiger partial charge in [-0.3, -0.25) is 4.79 Å². The first kappa shape index (κ1) is 21.6. The largest absolute Gasteiger partial charge is 0.491 e. The van der Waals surface area contributed by atoms with Crippen LogP contribution in [0.5, 0.6) is 11.5 Å². The molecule has 0 spiro atoms. The quantitative estimate of drug-likeness (QED) is 0.687. The summed E-state index contributed by atoms with van der Waals surface area (Å²) >= 11 is 0. The van der Waals surface area contributed by atoms with Gasteiger partial charge < -0.3 is 19.3 Å². The van der Waals surface area contributed by atoms with E-state index in [9.17, 15) is 14.3 Å². The number of carbonyl (C=O) groups is 1. The molecule has 2 aliphatic rings.